The van der Waals surface area contributed by atoms with Crippen molar-refractivity contribution < 1.29 is 19.2 Å². The van der Waals surface area contributed by atoms with Crippen LogP contribution in [0.5, 0.6) is 5.75 Å². The lowest BCUT2D eigenvalue weighted by molar-refractivity contribution is -0.143. The number of rotatable bonds is 10. The fourth-order valence-electron chi connectivity index (χ4n) is 5.62. The summed E-state index contributed by atoms with van der Waals surface area (Å²) in [4.78, 5) is 21.2. The van der Waals surface area contributed by atoms with Gasteiger partial charge in [-0.15, -0.1) is 0 Å². The van der Waals surface area contributed by atoms with E-state index < -0.39 is 0 Å². The Morgan fingerprint density at radius 2 is 1.78 bits per heavy atom. The first kappa shape index (κ1) is 28.5. The molecule has 41 heavy (non-hydrogen) atoms. The molecule has 1 aromatic heterocycles. The van der Waals surface area contributed by atoms with Crippen LogP contribution in [0.1, 0.15) is 55.8 Å². The molecule has 1 aliphatic rings. The van der Waals surface area contributed by atoms with Gasteiger partial charge in [-0.05, 0) is 49.6 Å². The van der Waals surface area contributed by atoms with Crippen LogP contribution in [-0.4, -0.2) is 62.8 Å². The number of hydrogen-bond donors (Lipinski definition) is 1. The standard InChI is InChI=1S/C33H38N4O4/c1-4-40-31(39)18-17-30-34-33(35-41-30)27-15-13-26(14-16-27)32(28-11-8-12-29(38)19-28)37-21-23(2)36(20-24(37)3)22-25-9-6-5-7-10-25/h5-16,19,23-24,32,38H,4,17-18,20-22H2,1-3H3. The third-order valence-corrected chi connectivity index (χ3v) is 7.71. The maximum Gasteiger partial charge on any atom is 0.306 e. The smallest absolute Gasteiger partial charge is 0.306 e. The molecule has 3 aromatic carbocycles. The highest BCUT2D eigenvalue weighted by Crippen LogP contribution is 2.35. The van der Waals surface area contributed by atoms with Gasteiger partial charge in [0.15, 0.2) is 0 Å². The molecule has 0 aliphatic carbocycles. The van der Waals surface area contributed by atoms with Crippen molar-refractivity contribution in [2.45, 2.75) is 58.3 Å². The molecule has 1 saturated heterocycles. The summed E-state index contributed by atoms with van der Waals surface area (Å²) >= 11 is 0. The van der Waals surface area contributed by atoms with Crippen molar-refractivity contribution in [3.63, 3.8) is 0 Å². The van der Waals surface area contributed by atoms with Gasteiger partial charge in [-0.25, -0.2) is 0 Å². The number of piperazine rings is 1. The van der Waals surface area contributed by atoms with Crippen molar-refractivity contribution in [1.82, 2.24) is 19.9 Å². The highest BCUT2D eigenvalue weighted by molar-refractivity contribution is 5.69. The van der Waals surface area contributed by atoms with Crippen molar-refractivity contribution in [2.24, 2.45) is 0 Å². The van der Waals surface area contributed by atoms with Crippen molar-refractivity contribution in [2.75, 3.05) is 19.7 Å². The van der Waals surface area contributed by atoms with Gasteiger partial charge in [0.25, 0.3) is 0 Å². The fourth-order valence-corrected chi connectivity index (χ4v) is 5.62. The zero-order valence-electron chi connectivity index (χ0n) is 23.9. The molecule has 2 heterocycles. The molecule has 1 N–H and O–H groups in total. The number of esters is 1. The van der Waals surface area contributed by atoms with E-state index in [1.54, 1.807) is 13.0 Å². The highest BCUT2D eigenvalue weighted by atomic mass is 16.5. The Kier molecular flexibility index (Phi) is 9.11. The van der Waals surface area contributed by atoms with Crippen LogP contribution < -0.4 is 0 Å². The summed E-state index contributed by atoms with van der Waals surface area (Å²) in [5.41, 5.74) is 4.34. The molecule has 8 heteroatoms. The maximum absolute atomic E-state index is 11.7. The molecule has 0 radical (unpaired) electrons. The predicted molar refractivity (Wildman–Crippen MR) is 157 cm³/mol. The Morgan fingerprint density at radius 1 is 1.00 bits per heavy atom. The van der Waals surface area contributed by atoms with E-state index in [2.05, 4.69) is 82.3 Å². The van der Waals surface area contributed by atoms with Crippen molar-refractivity contribution in [1.29, 1.82) is 0 Å². The van der Waals surface area contributed by atoms with Crippen LogP contribution in [0.15, 0.2) is 83.4 Å². The Morgan fingerprint density at radius 3 is 2.51 bits per heavy atom. The zero-order chi connectivity index (χ0) is 28.8. The monoisotopic (exact) mass is 554 g/mol. The molecule has 3 unspecified atom stereocenters. The molecule has 0 amide bonds. The van der Waals surface area contributed by atoms with Gasteiger partial charge in [0, 0.05) is 43.7 Å². The average Bonchev–Trinajstić information content (AvgIpc) is 3.45. The lowest BCUT2D eigenvalue weighted by Crippen LogP contribution is -2.56. The van der Waals surface area contributed by atoms with E-state index in [9.17, 15) is 9.90 Å². The molecule has 1 aliphatic heterocycles. The summed E-state index contributed by atoms with van der Waals surface area (Å²) in [5.74, 6) is 0.875. The SMILES string of the molecule is CCOC(=O)CCc1nc(-c2ccc(C(c3cccc(O)c3)N3CC(C)N(Cc4ccccc4)CC3C)cc2)no1. The largest absolute Gasteiger partial charge is 0.508 e. The van der Waals surface area contributed by atoms with Gasteiger partial charge in [0.1, 0.15) is 5.75 Å². The molecular weight excluding hydrogens is 516 g/mol. The molecule has 214 valence electrons. The number of aromatic hydroxyl groups is 1. The van der Waals surface area contributed by atoms with Gasteiger partial charge in [-0.1, -0.05) is 71.9 Å². The number of carbonyl (C=O) groups is 1. The van der Waals surface area contributed by atoms with Gasteiger partial charge in [0.2, 0.25) is 11.7 Å². The molecule has 0 saturated carbocycles. The molecule has 4 aromatic rings. The van der Waals surface area contributed by atoms with Crippen LogP contribution in [0, 0.1) is 0 Å². The van der Waals surface area contributed by atoms with E-state index in [1.165, 1.54) is 5.56 Å². The Hall–Kier alpha value is -4.01. The summed E-state index contributed by atoms with van der Waals surface area (Å²) < 4.78 is 10.4. The molecular formula is C33H38N4O4. The molecule has 0 spiro atoms. The lowest BCUT2D eigenvalue weighted by atomic mass is 9.92. The number of phenols is 1. The van der Waals surface area contributed by atoms with Crippen LogP contribution >= 0.6 is 0 Å². The van der Waals surface area contributed by atoms with E-state index in [0.717, 1.165) is 36.3 Å². The van der Waals surface area contributed by atoms with Crippen LogP contribution in [0.2, 0.25) is 0 Å². The van der Waals surface area contributed by atoms with Crippen molar-refractivity contribution >= 4 is 5.97 Å². The van der Waals surface area contributed by atoms with Crippen molar-refractivity contribution in [3.8, 4) is 17.1 Å². The summed E-state index contributed by atoms with van der Waals surface area (Å²) in [7, 11) is 0. The molecule has 1 fully saturated rings. The predicted octanol–water partition coefficient (Wildman–Crippen LogP) is 5.62. The minimum absolute atomic E-state index is 0.0297. The first-order valence-electron chi connectivity index (χ1n) is 14.3. The number of ether oxygens (including phenoxy) is 1. The Balaban J connectivity index is 1.36. The normalized spacial score (nSPS) is 18.7. The highest BCUT2D eigenvalue weighted by Gasteiger charge is 2.35. The molecule has 5 rings (SSSR count). The number of hydrogen-bond acceptors (Lipinski definition) is 8. The van der Waals surface area contributed by atoms with Gasteiger partial charge >= 0.3 is 5.97 Å². The van der Waals surface area contributed by atoms with Gasteiger partial charge in [-0.2, -0.15) is 4.98 Å². The molecule has 3 atom stereocenters. The number of benzene rings is 3. The second-order valence-corrected chi connectivity index (χ2v) is 10.7. The van der Waals surface area contributed by atoms with E-state index in [1.807, 2.05) is 24.3 Å². The Labute approximate surface area is 241 Å². The third-order valence-electron chi connectivity index (χ3n) is 7.71. The second kappa shape index (κ2) is 13.1. The van der Waals surface area contributed by atoms with Crippen LogP contribution in [0.25, 0.3) is 11.4 Å². The summed E-state index contributed by atoms with van der Waals surface area (Å²) in [5, 5.41) is 14.5. The molecule has 8 nitrogen and oxygen atoms in total. The van der Waals surface area contributed by atoms with Crippen molar-refractivity contribution in [3.05, 3.63) is 101 Å². The summed E-state index contributed by atoms with van der Waals surface area (Å²) in [6.45, 7) is 9.48. The van der Waals surface area contributed by atoms with E-state index in [-0.39, 0.29) is 24.2 Å². The van der Waals surface area contributed by atoms with E-state index in [0.29, 0.717) is 36.8 Å². The topological polar surface area (TPSA) is 91.9 Å². The maximum atomic E-state index is 11.7. The zero-order valence-corrected chi connectivity index (χ0v) is 23.9. The van der Waals surface area contributed by atoms with E-state index in [4.69, 9.17) is 9.26 Å². The number of aromatic nitrogens is 2. The van der Waals surface area contributed by atoms with Crippen LogP contribution in [0.3, 0.4) is 0 Å². The minimum Gasteiger partial charge on any atom is -0.508 e. The van der Waals surface area contributed by atoms with Gasteiger partial charge < -0.3 is 14.4 Å². The average molecular weight is 555 g/mol. The van der Waals surface area contributed by atoms with Gasteiger partial charge in [-0.3, -0.25) is 14.6 Å². The van der Waals surface area contributed by atoms with Gasteiger partial charge in [0.05, 0.1) is 19.1 Å². The van der Waals surface area contributed by atoms with E-state index >= 15 is 0 Å². The number of aryl methyl sites for hydroxylation is 1. The fraction of sp³-hybridized carbons (Fsp3) is 0.364. The summed E-state index contributed by atoms with van der Waals surface area (Å²) in [6, 6.07) is 27.0. The molecule has 0 bridgehead atoms. The number of phenolic OH excluding ortho intramolecular Hbond substituents is 1. The minimum atomic E-state index is -0.279. The lowest BCUT2D eigenvalue weighted by Gasteiger charge is -2.47. The number of nitrogens with zero attached hydrogens (tertiary/aromatic N) is 4. The quantitative estimate of drug-likeness (QED) is 0.253. The summed E-state index contributed by atoms with van der Waals surface area (Å²) in [6.07, 6.45) is 0.547. The third kappa shape index (κ3) is 7.01. The number of carbonyl (C=O) groups excluding carboxylic acids is 1. The first-order valence-corrected chi connectivity index (χ1v) is 14.3. The van der Waals surface area contributed by atoms with Crippen LogP contribution in [0.4, 0.5) is 0 Å². The second-order valence-electron chi connectivity index (χ2n) is 10.7. The first-order chi connectivity index (χ1) is 19.9. The van der Waals surface area contributed by atoms with Crippen LogP contribution in [-0.2, 0) is 22.5 Å². The Bertz CT molecular complexity index is 1420.